The number of anilines is 2. The Labute approximate surface area is 113 Å². The van der Waals surface area contributed by atoms with Crippen LogP contribution in [0.3, 0.4) is 0 Å². The Hall–Kier alpha value is -1.82. The first-order valence-electron chi connectivity index (χ1n) is 5.37. The van der Waals surface area contributed by atoms with Gasteiger partial charge in [0, 0.05) is 4.47 Å². The molecule has 4 N–H and O–H groups in total. The van der Waals surface area contributed by atoms with Crippen LogP contribution in [0.4, 0.5) is 11.4 Å². The SMILES string of the molecule is Cc1ccc(NC(=O)c2n[nH]c(C)c2N)c(Br)c1. The third-order valence-electron chi connectivity index (χ3n) is 2.58. The lowest BCUT2D eigenvalue weighted by Crippen LogP contribution is -2.14. The number of carbonyl (C=O) groups excluding carboxylic acids is 1. The van der Waals surface area contributed by atoms with E-state index >= 15 is 0 Å². The number of amides is 1. The summed E-state index contributed by atoms with van der Waals surface area (Å²) in [6.45, 7) is 3.74. The highest BCUT2D eigenvalue weighted by molar-refractivity contribution is 9.10. The number of carbonyl (C=O) groups is 1. The van der Waals surface area contributed by atoms with Gasteiger partial charge in [-0.1, -0.05) is 6.07 Å². The van der Waals surface area contributed by atoms with Crippen molar-refractivity contribution in [2.75, 3.05) is 11.1 Å². The van der Waals surface area contributed by atoms with Crippen molar-refractivity contribution in [3.63, 3.8) is 0 Å². The molecule has 0 fully saturated rings. The second kappa shape index (κ2) is 4.81. The molecule has 0 unspecified atom stereocenters. The fourth-order valence-corrected chi connectivity index (χ4v) is 2.11. The molecule has 6 heteroatoms. The molecule has 1 aromatic carbocycles. The van der Waals surface area contributed by atoms with Crippen molar-refractivity contribution in [1.82, 2.24) is 10.2 Å². The summed E-state index contributed by atoms with van der Waals surface area (Å²) in [4.78, 5) is 12.0. The van der Waals surface area contributed by atoms with Gasteiger partial charge in [0.15, 0.2) is 5.69 Å². The van der Waals surface area contributed by atoms with Gasteiger partial charge in [0.05, 0.1) is 17.1 Å². The summed E-state index contributed by atoms with van der Waals surface area (Å²) in [5.74, 6) is -0.332. The van der Waals surface area contributed by atoms with E-state index in [4.69, 9.17) is 5.73 Å². The predicted octanol–water partition coefficient (Wildman–Crippen LogP) is 2.62. The van der Waals surface area contributed by atoms with Crippen LogP contribution in [-0.2, 0) is 0 Å². The second-order valence-corrected chi connectivity index (χ2v) is 4.90. The summed E-state index contributed by atoms with van der Waals surface area (Å²) >= 11 is 3.40. The monoisotopic (exact) mass is 308 g/mol. The molecule has 0 atom stereocenters. The number of aromatic amines is 1. The average molecular weight is 309 g/mol. The lowest BCUT2D eigenvalue weighted by atomic mass is 10.2. The molecule has 0 saturated heterocycles. The number of benzene rings is 1. The highest BCUT2D eigenvalue weighted by Gasteiger charge is 2.16. The molecule has 0 aliphatic carbocycles. The highest BCUT2D eigenvalue weighted by Crippen LogP contribution is 2.24. The molecule has 0 aliphatic heterocycles. The first kappa shape index (κ1) is 12.6. The molecule has 5 nitrogen and oxygen atoms in total. The van der Waals surface area contributed by atoms with Gasteiger partial charge in [0.25, 0.3) is 5.91 Å². The quantitative estimate of drug-likeness (QED) is 0.797. The van der Waals surface area contributed by atoms with Gasteiger partial charge in [0.1, 0.15) is 0 Å². The lowest BCUT2D eigenvalue weighted by Gasteiger charge is -2.07. The normalized spacial score (nSPS) is 10.4. The van der Waals surface area contributed by atoms with Crippen LogP contribution in [0, 0.1) is 13.8 Å². The van der Waals surface area contributed by atoms with Crippen molar-refractivity contribution < 1.29 is 4.79 Å². The Bertz CT molecular complexity index is 606. The molecule has 1 amide bonds. The van der Waals surface area contributed by atoms with E-state index in [2.05, 4.69) is 31.4 Å². The van der Waals surface area contributed by atoms with Gasteiger partial charge < -0.3 is 11.1 Å². The molecule has 2 rings (SSSR count). The zero-order valence-electron chi connectivity index (χ0n) is 10.0. The third-order valence-corrected chi connectivity index (χ3v) is 3.24. The van der Waals surface area contributed by atoms with Gasteiger partial charge in [-0.3, -0.25) is 9.89 Å². The number of hydrogen-bond acceptors (Lipinski definition) is 3. The van der Waals surface area contributed by atoms with E-state index in [0.717, 1.165) is 10.0 Å². The molecular formula is C12H13BrN4O. The molecule has 1 aromatic heterocycles. The topological polar surface area (TPSA) is 83.8 Å². The van der Waals surface area contributed by atoms with Crippen molar-refractivity contribution in [2.45, 2.75) is 13.8 Å². The standard InChI is InChI=1S/C12H13BrN4O/c1-6-3-4-9(8(13)5-6)15-12(18)11-10(14)7(2)16-17-11/h3-5H,14H2,1-2H3,(H,15,18)(H,16,17). The average Bonchev–Trinajstić information content (AvgIpc) is 2.64. The van der Waals surface area contributed by atoms with Crippen LogP contribution < -0.4 is 11.1 Å². The maximum Gasteiger partial charge on any atom is 0.278 e. The summed E-state index contributed by atoms with van der Waals surface area (Å²) in [7, 11) is 0. The minimum absolute atomic E-state index is 0.208. The number of nitrogen functional groups attached to an aromatic ring is 1. The Kier molecular flexibility index (Phi) is 3.38. The Morgan fingerprint density at radius 3 is 2.72 bits per heavy atom. The minimum atomic E-state index is -0.332. The van der Waals surface area contributed by atoms with Gasteiger partial charge in [-0.2, -0.15) is 5.10 Å². The van der Waals surface area contributed by atoms with Gasteiger partial charge in [-0.25, -0.2) is 0 Å². The Morgan fingerprint density at radius 1 is 1.44 bits per heavy atom. The van der Waals surface area contributed by atoms with Crippen LogP contribution in [0.2, 0.25) is 0 Å². The largest absolute Gasteiger partial charge is 0.395 e. The molecule has 0 aliphatic rings. The van der Waals surface area contributed by atoms with Gasteiger partial charge in [0.2, 0.25) is 0 Å². The Balaban J connectivity index is 2.24. The van der Waals surface area contributed by atoms with Gasteiger partial charge in [-0.05, 0) is 47.5 Å². The second-order valence-electron chi connectivity index (χ2n) is 4.05. The lowest BCUT2D eigenvalue weighted by molar-refractivity contribution is 0.102. The number of nitrogens with two attached hydrogens (primary N) is 1. The van der Waals surface area contributed by atoms with E-state index in [1.54, 1.807) is 6.92 Å². The van der Waals surface area contributed by atoms with Crippen molar-refractivity contribution in [1.29, 1.82) is 0 Å². The van der Waals surface area contributed by atoms with E-state index in [1.165, 1.54) is 0 Å². The van der Waals surface area contributed by atoms with Crippen molar-refractivity contribution >= 4 is 33.2 Å². The first-order valence-corrected chi connectivity index (χ1v) is 6.16. The van der Waals surface area contributed by atoms with E-state index in [0.29, 0.717) is 17.1 Å². The fraction of sp³-hybridized carbons (Fsp3) is 0.167. The number of aromatic nitrogens is 2. The number of aryl methyl sites for hydroxylation is 2. The first-order chi connectivity index (χ1) is 8.49. The van der Waals surface area contributed by atoms with Crippen LogP contribution in [-0.4, -0.2) is 16.1 Å². The highest BCUT2D eigenvalue weighted by atomic mass is 79.9. The van der Waals surface area contributed by atoms with Crippen molar-refractivity contribution in [2.24, 2.45) is 0 Å². The van der Waals surface area contributed by atoms with Crippen LogP contribution in [0.5, 0.6) is 0 Å². The number of hydrogen-bond donors (Lipinski definition) is 3. The number of nitrogens with one attached hydrogen (secondary N) is 2. The molecular weight excluding hydrogens is 296 g/mol. The maximum atomic E-state index is 12.0. The summed E-state index contributed by atoms with van der Waals surface area (Å²) in [5, 5.41) is 9.32. The minimum Gasteiger partial charge on any atom is -0.395 e. The van der Waals surface area contributed by atoms with Gasteiger partial charge >= 0.3 is 0 Å². The smallest absolute Gasteiger partial charge is 0.278 e. The summed E-state index contributed by atoms with van der Waals surface area (Å²) in [5.41, 5.74) is 8.81. The van der Waals surface area contributed by atoms with E-state index in [1.807, 2.05) is 25.1 Å². The molecule has 0 radical (unpaired) electrons. The van der Waals surface area contributed by atoms with Crippen LogP contribution in [0.25, 0.3) is 0 Å². The van der Waals surface area contributed by atoms with Crippen LogP contribution in [0.15, 0.2) is 22.7 Å². The Morgan fingerprint density at radius 2 is 2.17 bits per heavy atom. The molecule has 0 spiro atoms. The van der Waals surface area contributed by atoms with Gasteiger partial charge in [-0.15, -0.1) is 0 Å². The van der Waals surface area contributed by atoms with Crippen molar-refractivity contribution in [3.8, 4) is 0 Å². The summed E-state index contributed by atoms with van der Waals surface area (Å²) < 4.78 is 0.821. The number of halogens is 1. The van der Waals surface area contributed by atoms with Crippen LogP contribution >= 0.6 is 15.9 Å². The molecule has 0 bridgehead atoms. The molecule has 18 heavy (non-hydrogen) atoms. The van der Waals surface area contributed by atoms with E-state index in [-0.39, 0.29) is 11.6 Å². The van der Waals surface area contributed by atoms with Crippen LogP contribution in [0.1, 0.15) is 21.7 Å². The summed E-state index contributed by atoms with van der Waals surface area (Å²) in [6.07, 6.45) is 0. The number of H-pyrrole nitrogens is 1. The zero-order valence-corrected chi connectivity index (χ0v) is 11.6. The van der Waals surface area contributed by atoms with E-state index < -0.39 is 0 Å². The molecule has 1 heterocycles. The predicted molar refractivity (Wildman–Crippen MR) is 74.6 cm³/mol. The number of rotatable bonds is 2. The zero-order chi connectivity index (χ0) is 13.3. The maximum absolute atomic E-state index is 12.0. The van der Waals surface area contributed by atoms with Crippen molar-refractivity contribution in [3.05, 3.63) is 39.6 Å². The molecule has 94 valence electrons. The third kappa shape index (κ3) is 2.38. The fourth-order valence-electron chi connectivity index (χ4n) is 1.51. The number of nitrogens with zero attached hydrogens (tertiary/aromatic N) is 1. The summed E-state index contributed by atoms with van der Waals surface area (Å²) in [6, 6.07) is 5.67. The molecule has 0 saturated carbocycles. The molecule has 2 aromatic rings. The van der Waals surface area contributed by atoms with E-state index in [9.17, 15) is 4.79 Å².